The van der Waals surface area contributed by atoms with Gasteiger partial charge in [-0.2, -0.15) is 5.10 Å². The summed E-state index contributed by atoms with van der Waals surface area (Å²) in [7, 11) is 0. The average Bonchev–Trinajstić information content (AvgIpc) is 2.91. The van der Waals surface area contributed by atoms with Gasteiger partial charge in [-0.15, -0.1) is 11.3 Å². The number of hydrogen-bond donors (Lipinski definition) is 1. The van der Waals surface area contributed by atoms with E-state index in [1.165, 1.54) is 35.6 Å². The lowest BCUT2D eigenvalue weighted by molar-refractivity contribution is -0.384. The number of nitro groups is 1. The van der Waals surface area contributed by atoms with Crippen molar-refractivity contribution < 1.29 is 14.5 Å². The van der Waals surface area contributed by atoms with E-state index in [1.807, 2.05) is 18.4 Å². The van der Waals surface area contributed by atoms with Crippen LogP contribution in [0.3, 0.4) is 0 Å². The number of rotatable bonds is 6. The largest absolute Gasteiger partial charge is 0.484 e. The maximum absolute atomic E-state index is 11.6. The average molecular weight is 319 g/mol. The van der Waals surface area contributed by atoms with Crippen molar-refractivity contribution in [1.29, 1.82) is 0 Å². The van der Waals surface area contributed by atoms with Crippen molar-refractivity contribution in [3.63, 3.8) is 0 Å². The van der Waals surface area contributed by atoms with Crippen LogP contribution in [0.5, 0.6) is 5.75 Å². The summed E-state index contributed by atoms with van der Waals surface area (Å²) >= 11 is 1.53. The van der Waals surface area contributed by atoms with Crippen molar-refractivity contribution in [3.05, 3.63) is 56.3 Å². The molecule has 0 aliphatic heterocycles. The second-order valence-electron chi connectivity index (χ2n) is 4.30. The van der Waals surface area contributed by atoms with Crippen LogP contribution in [-0.2, 0) is 4.79 Å². The number of hydrazone groups is 1. The van der Waals surface area contributed by atoms with Crippen LogP contribution >= 0.6 is 11.3 Å². The molecule has 0 saturated heterocycles. The number of aryl methyl sites for hydroxylation is 1. The third-order valence-electron chi connectivity index (χ3n) is 2.69. The van der Waals surface area contributed by atoms with Crippen molar-refractivity contribution in [3.8, 4) is 5.75 Å². The van der Waals surface area contributed by atoms with Crippen LogP contribution in [0, 0.1) is 17.0 Å². The summed E-state index contributed by atoms with van der Waals surface area (Å²) < 4.78 is 5.21. The normalized spacial score (nSPS) is 10.6. The number of hydrogen-bond acceptors (Lipinski definition) is 6. The van der Waals surface area contributed by atoms with E-state index in [0.29, 0.717) is 5.75 Å². The van der Waals surface area contributed by atoms with Gasteiger partial charge in [0.15, 0.2) is 6.61 Å². The zero-order chi connectivity index (χ0) is 15.9. The summed E-state index contributed by atoms with van der Waals surface area (Å²) in [6.07, 6.45) is 1.57. The predicted octanol–water partition coefficient (Wildman–Crippen LogP) is 2.49. The molecule has 0 atom stereocenters. The number of benzene rings is 1. The topological polar surface area (TPSA) is 93.8 Å². The zero-order valence-electron chi connectivity index (χ0n) is 11.7. The van der Waals surface area contributed by atoms with Crippen molar-refractivity contribution in [1.82, 2.24) is 5.43 Å². The molecule has 22 heavy (non-hydrogen) atoms. The van der Waals surface area contributed by atoms with Gasteiger partial charge in [-0.05, 0) is 36.1 Å². The van der Waals surface area contributed by atoms with Gasteiger partial charge in [0.2, 0.25) is 0 Å². The molecule has 0 spiro atoms. The SMILES string of the molecule is Cc1ccsc1C=NNC(=O)COc1ccc([N+](=O)[O-])cc1. The van der Waals surface area contributed by atoms with E-state index in [2.05, 4.69) is 10.5 Å². The van der Waals surface area contributed by atoms with E-state index < -0.39 is 10.8 Å². The molecule has 0 aliphatic carbocycles. The number of carbonyl (C=O) groups excluding carboxylic acids is 1. The number of thiophene rings is 1. The standard InChI is InChI=1S/C14H13N3O4S/c1-10-6-7-22-13(10)8-15-16-14(18)9-21-12-4-2-11(3-5-12)17(19)20/h2-8H,9H2,1H3,(H,16,18). The molecule has 1 amide bonds. The van der Waals surface area contributed by atoms with Crippen LogP contribution in [0.2, 0.25) is 0 Å². The number of non-ortho nitro benzene ring substituents is 1. The first-order valence-electron chi connectivity index (χ1n) is 6.29. The summed E-state index contributed by atoms with van der Waals surface area (Å²) in [5.41, 5.74) is 3.41. The first-order chi connectivity index (χ1) is 10.6. The van der Waals surface area contributed by atoms with Crippen LogP contribution in [0.1, 0.15) is 10.4 Å². The lowest BCUT2D eigenvalue weighted by atomic mass is 10.3. The van der Waals surface area contributed by atoms with E-state index in [9.17, 15) is 14.9 Å². The second kappa shape index (κ2) is 7.32. The first-order valence-corrected chi connectivity index (χ1v) is 7.17. The molecule has 8 heteroatoms. The minimum absolute atomic E-state index is 0.0345. The molecular weight excluding hydrogens is 306 g/mol. The fraction of sp³-hybridized carbons (Fsp3) is 0.143. The molecule has 0 unspecified atom stereocenters. The quantitative estimate of drug-likeness (QED) is 0.503. The highest BCUT2D eigenvalue weighted by atomic mass is 32.1. The molecule has 0 aliphatic rings. The Kier molecular flexibility index (Phi) is 5.21. The van der Waals surface area contributed by atoms with E-state index in [0.717, 1.165) is 10.4 Å². The molecule has 1 N–H and O–H groups in total. The zero-order valence-corrected chi connectivity index (χ0v) is 12.5. The Labute approximate surface area is 130 Å². The van der Waals surface area contributed by atoms with Crippen LogP contribution in [0.25, 0.3) is 0 Å². The van der Waals surface area contributed by atoms with Crippen molar-refractivity contribution >= 4 is 29.1 Å². The number of carbonyl (C=O) groups is 1. The van der Waals surface area contributed by atoms with Gasteiger partial charge in [-0.1, -0.05) is 0 Å². The van der Waals surface area contributed by atoms with Crippen LogP contribution in [0.15, 0.2) is 40.8 Å². The Bertz CT molecular complexity index is 694. The van der Waals surface area contributed by atoms with Gasteiger partial charge in [-0.25, -0.2) is 5.43 Å². The smallest absolute Gasteiger partial charge is 0.277 e. The molecular formula is C14H13N3O4S. The summed E-state index contributed by atoms with van der Waals surface area (Å²) in [4.78, 5) is 22.5. The van der Waals surface area contributed by atoms with E-state index >= 15 is 0 Å². The Morgan fingerprint density at radius 3 is 2.73 bits per heavy atom. The maximum atomic E-state index is 11.6. The fourth-order valence-corrected chi connectivity index (χ4v) is 2.31. The predicted molar refractivity (Wildman–Crippen MR) is 83.4 cm³/mol. The molecule has 2 aromatic rings. The van der Waals surface area contributed by atoms with Gasteiger partial charge in [-0.3, -0.25) is 14.9 Å². The highest BCUT2D eigenvalue weighted by molar-refractivity contribution is 7.11. The minimum Gasteiger partial charge on any atom is -0.484 e. The highest BCUT2D eigenvalue weighted by Gasteiger charge is 2.06. The minimum atomic E-state index is -0.502. The summed E-state index contributed by atoms with van der Waals surface area (Å²) in [5.74, 6) is -0.0392. The number of nitrogens with one attached hydrogen (secondary N) is 1. The Balaban J connectivity index is 1.79. The molecule has 1 aromatic heterocycles. The number of nitro benzene ring substituents is 1. The van der Waals surface area contributed by atoms with Gasteiger partial charge in [0.25, 0.3) is 11.6 Å². The summed E-state index contributed by atoms with van der Waals surface area (Å²) in [5, 5.41) is 16.3. The van der Waals surface area contributed by atoms with Crippen LogP contribution in [-0.4, -0.2) is 23.7 Å². The van der Waals surface area contributed by atoms with Gasteiger partial charge in [0, 0.05) is 17.0 Å². The molecule has 2 rings (SSSR count). The van der Waals surface area contributed by atoms with Crippen molar-refractivity contribution in [2.75, 3.05) is 6.61 Å². The molecule has 0 radical (unpaired) electrons. The number of nitrogens with zero attached hydrogens (tertiary/aromatic N) is 2. The van der Waals surface area contributed by atoms with E-state index in [-0.39, 0.29) is 12.3 Å². The Hall–Kier alpha value is -2.74. The lowest BCUT2D eigenvalue weighted by Crippen LogP contribution is -2.24. The summed E-state index contributed by atoms with van der Waals surface area (Å²) in [6, 6.07) is 7.45. The molecule has 1 heterocycles. The summed E-state index contributed by atoms with van der Waals surface area (Å²) in [6.45, 7) is 1.73. The molecule has 0 fully saturated rings. The van der Waals surface area contributed by atoms with Crippen LogP contribution < -0.4 is 10.2 Å². The van der Waals surface area contributed by atoms with E-state index in [1.54, 1.807) is 6.21 Å². The first kappa shape index (κ1) is 15.6. The maximum Gasteiger partial charge on any atom is 0.277 e. The lowest BCUT2D eigenvalue weighted by Gasteiger charge is -2.04. The third kappa shape index (κ3) is 4.38. The highest BCUT2D eigenvalue weighted by Crippen LogP contribution is 2.17. The van der Waals surface area contributed by atoms with E-state index in [4.69, 9.17) is 4.74 Å². The molecule has 0 bridgehead atoms. The van der Waals surface area contributed by atoms with Gasteiger partial charge in [0.05, 0.1) is 11.1 Å². The fourth-order valence-electron chi connectivity index (χ4n) is 1.52. The third-order valence-corrected chi connectivity index (χ3v) is 3.64. The Morgan fingerprint density at radius 1 is 1.41 bits per heavy atom. The van der Waals surface area contributed by atoms with Gasteiger partial charge < -0.3 is 4.74 Å². The molecule has 0 saturated carbocycles. The Morgan fingerprint density at radius 2 is 2.14 bits per heavy atom. The van der Waals surface area contributed by atoms with Gasteiger partial charge >= 0.3 is 0 Å². The molecule has 1 aromatic carbocycles. The molecule has 114 valence electrons. The monoisotopic (exact) mass is 319 g/mol. The van der Waals surface area contributed by atoms with Crippen LogP contribution in [0.4, 0.5) is 5.69 Å². The van der Waals surface area contributed by atoms with Crippen molar-refractivity contribution in [2.24, 2.45) is 5.10 Å². The second-order valence-corrected chi connectivity index (χ2v) is 5.25. The molecule has 7 nitrogen and oxygen atoms in total. The number of amides is 1. The number of ether oxygens (including phenoxy) is 1. The van der Waals surface area contributed by atoms with Crippen molar-refractivity contribution in [2.45, 2.75) is 6.92 Å². The van der Waals surface area contributed by atoms with Gasteiger partial charge in [0.1, 0.15) is 5.75 Å².